The number of rotatable bonds is 1. The van der Waals surface area contributed by atoms with Crippen molar-refractivity contribution in [1.82, 2.24) is 0 Å². The average Bonchev–Trinajstić information content (AvgIpc) is 2.16. The van der Waals surface area contributed by atoms with Crippen molar-refractivity contribution >= 4 is 0 Å². The normalized spacial score (nSPS) is 37.2. The lowest BCUT2D eigenvalue weighted by Crippen LogP contribution is -2.16. The zero-order chi connectivity index (χ0) is 9.35. The van der Waals surface area contributed by atoms with Crippen molar-refractivity contribution in [1.29, 1.82) is 0 Å². The van der Waals surface area contributed by atoms with Gasteiger partial charge in [0, 0.05) is 0 Å². The Morgan fingerprint density at radius 1 is 1.08 bits per heavy atom. The van der Waals surface area contributed by atoms with Crippen LogP contribution < -0.4 is 0 Å². The molecule has 0 aromatic rings. The number of hydrogen-bond donors (Lipinski definition) is 0. The van der Waals surface area contributed by atoms with E-state index < -0.39 is 0 Å². The molecule has 12 heavy (non-hydrogen) atoms. The molecule has 72 valence electrons. The van der Waals surface area contributed by atoms with Crippen molar-refractivity contribution in [2.45, 2.75) is 53.9 Å². The van der Waals surface area contributed by atoms with Gasteiger partial charge in [0.1, 0.15) is 0 Å². The van der Waals surface area contributed by atoms with E-state index in [-0.39, 0.29) is 0 Å². The topological polar surface area (TPSA) is 0 Å². The second-order valence-electron chi connectivity index (χ2n) is 5.94. The lowest BCUT2D eigenvalue weighted by molar-refractivity contribution is 0.242. The molecule has 0 aromatic heterocycles. The summed E-state index contributed by atoms with van der Waals surface area (Å²) in [5.41, 5.74) is 0.531. The van der Waals surface area contributed by atoms with Crippen molar-refractivity contribution in [3.05, 3.63) is 0 Å². The predicted molar refractivity (Wildman–Crippen MR) is 55.1 cm³/mol. The molecule has 1 aliphatic rings. The molecule has 1 aliphatic carbocycles. The fourth-order valence-corrected chi connectivity index (χ4v) is 2.54. The van der Waals surface area contributed by atoms with Gasteiger partial charge in [-0.3, -0.25) is 0 Å². The van der Waals surface area contributed by atoms with Crippen LogP contribution in [0.2, 0.25) is 0 Å². The molecule has 3 unspecified atom stereocenters. The Morgan fingerprint density at radius 3 is 2.00 bits per heavy atom. The zero-order valence-corrected chi connectivity index (χ0v) is 9.35. The molecule has 0 nitrogen and oxygen atoms in total. The Kier molecular flexibility index (Phi) is 2.85. The Hall–Kier alpha value is 0. The Balaban J connectivity index is 2.44. The molecule has 0 heterocycles. The van der Waals surface area contributed by atoms with Crippen LogP contribution in [0.3, 0.4) is 0 Å². The van der Waals surface area contributed by atoms with E-state index in [0.717, 1.165) is 17.8 Å². The van der Waals surface area contributed by atoms with Crippen LogP contribution in [0, 0.1) is 23.2 Å². The van der Waals surface area contributed by atoms with Gasteiger partial charge in [0.05, 0.1) is 0 Å². The summed E-state index contributed by atoms with van der Waals surface area (Å²) < 4.78 is 0. The van der Waals surface area contributed by atoms with Gasteiger partial charge in [-0.2, -0.15) is 0 Å². The van der Waals surface area contributed by atoms with Gasteiger partial charge in [0.15, 0.2) is 0 Å². The molecule has 0 heteroatoms. The van der Waals surface area contributed by atoms with Crippen molar-refractivity contribution in [3.8, 4) is 0 Å². The molecule has 1 fully saturated rings. The van der Waals surface area contributed by atoms with Gasteiger partial charge < -0.3 is 0 Å². The van der Waals surface area contributed by atoms with E-state index in [0.29, 0.717) is 5.41 Å². The summed E-state index contributed by atoms with van der Waals surface area (Å²) >= 11 is 0. The van der Waals surface area contributed by atoms with Crippen LogP contribution in [-0.2, 0) is 0 Å². The molecule has 0 aromatic carbocycles. The van der Waals surface area contributed by atoms with Gasteiger partial charge in [-0.1, -0.05) is 41.0 Å². The van der Waals surface area contributed by atoms with Gasteiger partial charge in [-0.25, -0.2) is 0 Å². The van der Waals surface area contributed by atoms with Crippen LogP contribution in [0.4, 0.5) is 0 Å². The third-order valence-electron chi connectivity index (χ3n) is 3.51. The first-order chi connectivity index (χ1) is 5.40. The second kappa shape index (κ2) is 3.40. The minimum atomic E-state index is 0.531. The molecule has 0 radical (unpaired) electrons. The van der Waals surface area contributed by atoms with Crippen LogP contribution >= 0.6 is 0 Å². The SMILES string of the molecule is CC1CCC(CC(C)(C)C)C1C. The molecule has 1 rings (SSSR count). The molecule has 1 saturated carbocycles. The smallest absolute Gasteiger partial charge is 0.0380 e. The van der Waals surface area contributed by atoms with Gasteiger partial charge in [0.25, 0.3) is 0 Å². The highest BCUT2D eigenvalue weighted by Gasteiger charge is 2.32. The quantitative estimate of drug-likeness (QED) is 0.553. The highest BCUT2D eigenvalue weighted by atomic mass is 14.4. The van der Waals surface area contributed by atoms with Gasteiger partial charge in [-0.05, 0) is 36.0 Å². The lowest BCUT2D eigenvalue weighted by Gasteiger charge is -2.26. The second-order valence-corrected chi connectivity index (χ2v) is 5.94. The van der Waals surface area contributed by atoms with E-state index in [1.54, 1.807) is 0 Å². The molecule has 0 amide bonds. The van der Waals surface area contributed by atoms with Crippen molar-refractivity contribution < 1.29 is 0 Å². The maximum absolute atomic E-state index is 2.44. The standard InChI is InChI=1S/C12H24/c1-9-6-7-11(10(9)2)8-12(3,4)5/h9-11H,6-8H2,1-5H3. The lowest BCUT2D eigenvalue weighted by atomic mass is 9.79. The third kappa shape index (κ3) is 2.50. The molecule has 0 bridgehead atoms. The molecule has 0 saturated heterocycles. The van der Waals surface area contributed by atoms with E-state index in [2.05, 4.69) is 34.6 Å². The maximum Gasteiger partial charge on any atom is -0.0380 e. The summed E-state index contributed by atoms with van der Waals surface area (Å²) in [5, 5.41) is 0. The maximum atomic E-state index is 2.44. The fraction of sp³-hybridized carbons (Fsp3) is 1.00. The number of hydrogen-bond acceptors (Lipinski definition) is 0. The van der Waals surface area contributed by atoms with Crippen molar-refractivity contribution in [3.63, 3.8) is 0 Å². The summed E-state index contributed by atoms with van der Waals surface area (Å²) in [6, 6.07) is 0. The van der Waals surface area contributed by atoms with Crippen LogP contribution in [0.15, 0.2) is 0 Å². The van der Waals surface area contributed by atoms with Crippen LogP contribution in [0.1, 0.15) is 53.9 Å². The highest BCUT2D eigenvalue weighted by molar-refractivity contribution is 4.82. The molecule has 0 N–H and O–H groups in total. The van der Waals surface area contributed by atoms with Crippen LogP contribution in [0.5, 0.6) is 0 Å². The van der Waals surface area contributed by atoms with E-state index >= 15 is 0 Å². The van der Waals surface area contributed by atoms with Gasteiger partial charge in [-0.15, -0.1) is 0 Å². The Morgan fingerprint density at radius 2 is 1.67 bits per heavy atom. The molecule has 0 aliphatic heterocycles. The first-order valence-corrected chi connectivity index (χ1v) is 5.40. The summed E-state index contributed by atoms with van der Waals surface area (Å²) in [5.74, 6) is 2.93. The van der Waals surface area contributed by atoms with E-state index in [4.69, 9.17) is 0 Å². The Bertz CT molecular complexity index is 141. The van der Waals surface area contributed by atoms with Gasteiger partial charge in [0.2, 0.25) is 0 Å². The fourth-order valence-electron chi connectivity index (χ4n) is 2.54. The average molecular weight is 168 g/mol. The molecule has 3 atom stereocenters. The third-order valence-corrected chi connectivity index (χ3v) is 3.51. The zero-order valence-electron chi connectivity index (χ0n) is 9.35. The minimum Gasteiger partial charge on any atom is -0.0622 e. The van der Waals surface area contributed by atoms with Crippen LogP contribution in [-0.4, -0.2) is 0 Å². The van der Waals surface area contributed by atoms with Crippen LogP contribution in [0.25, 0.3) is 0 Å². The first-order valence-electron chi connectivity index (χ1n) is 5.40. The van der Waals surface area contributed by atoms with Gasteiger partial charge >= 0.3 is 0 Å². The van der Waals surface area contributed by atoms with E-state index in [1.807, 2.05) is 0 Å². The summed E-state index contributed by atoms with van der Waals surface area (Å²) in [6.07, 6.45) is 4.35. The molecule has 0 spiro atoms. The summed E-state index contributed by atoms with van der Waals surface area (Å²) in [6.45, 7) is 11.9. The molecular weight excluding hydrogens is 144 g/mol. The Labute approximate surface area is 77.7 Å². The highest BCUT2D eigenvalue weighted by Crippen LogP contribution is 2.42. The summed E-state index contributed by atoms with van der Waals surface area (Å²) in [4.78, 5) is 0. The predicted octanol–water partition coefficient (Wildman–Crippen LogP) is 4.10. The van der Waals surface area contributed by atoms with Crippen molar-refractivity contribution in [2.24, 2.45) is 23.2 Å². The monoisotopic (exact) mass is 168 g/mol. The van der Waals surface area contributed by atoms with E-state index in [1.165, 1.54) is 19.3 Å². The minimum absolute atomic E-state index is 0.531. The largest absolute Gasteiger partial charge is 0.0622 e. The summed E-state index contributed by atoms with van der Waals surface area (Å²) in [7, 11) is 0. The van der Waals surface area contributed by atoms with E-state index in [9.17, 15) is 0 Å². The molecular formula is C12H24. The first kappa shape index (κ1) is 10.1. The van der Waals surface area contributed by atoms with Crippen molar-refractivity contribution in [2.75, 3.05) is 0 Å².